The molecule has 162 valence electrons. The van der Waals surface area contributed by atoms with Gasteiger partial charge in [0.05, 0.1) is 11.6 Å². The average molecular weight is 460 g/mol. The van der Waals surface area contributed by atoms with Gasteiger partial charge in [0.25, 0.3) is 0 Å². The van der Waals surface area contributed by atoms with Crippen molar-refractivity contribution in [1.82, 2.24) is 0 Å². The van der Waals surface area contributed by atoms with Crippen LogP contribution in [0.5, 0.6) is 23.0 Å². The van der Waals surface area contributed by atoms with Crippen LogP contribution in [0.25, 0.3) is 0 Å². The van der Waals surface area contributed by atoms with Crippen LogP contribution in [0.15, 0.2) is 54.6 Å². The van der Waals surface area contributed by atoms with Crippen molar-refractivity contribution in [2.45, 2.75) is 20.1 Å². The topological polar surface area (TPSA) is 49.0 Å². The number of rotatable bonds is 8. The monoisotopic (exact) mass is 459 g/mol. The Balaban J connectivity index is 1.46. The summed E-state index contributed by atoms with van der Waals surface area (Å²) >= 11 is 12.5. The highest BCUT2D eigenvalue weighted by molar-refractivity contribution is 6.32. The van der Waals surface area contributed by atoms with Gasteiger partial charge < -0.3 is 24.3 Å². The molecule has 31 heavy (non-hydrogen) atoms. The molecule has 3 aromatic carbocycles. The lowest BCUT2D eigenvalue weighted by Gasteiger charge is -2.19. The van der Waals surface area contributed by atoms with Gasteiger partial charge in [0.15, 0.2) is 23.0 Å². The number of fused-ring (bicyclic) bond motifs is 1. The highest BCUT2D eigenvalue weighted by atomic mass is 35.5. The fourth-order valence-electron chi connectivity index (χ4n) is 3.22. The fraction of sp³-hybridized carbons (Fsp3) is 0.250. The molecule has 1 aliphatic heterocycles. The van der Waals surface area contributed by atoms with Crippen LogP contribution >= 0.6 is 23.2 Å². The summed E-state index contributed by atoms with van der Waals surface area (Å²) in [5.74, 6) is 2.65. The first-order chi connectivity index (χ1) is 15.1. The van der Waals surface area contributed by atoms with Crippen LogP contribution in [0.1, 0.15) is 18.1 Å². The van der Waals surface area contributed by atoms with E-state index in [1.807, 2.05) is 61.5 Å². The standard InChI is InChI=1S/C24H23Cl2NO4/c1-2-28-23-12-17(14-27-19-7-8-21-22(13-19)30-10-9-29-21)11-20(26)24(23)31-15-16-3-5-18(25)6-4-16/h3-8,11-13,27H,2,9-10,14-15H2,1H3. The molecule has 0 saturated carbocycles. The lowest BCUT2D eigenvalue weighted by atomic mass is 10.2. The number of hydrogen-bond acceptors (Lipinski definition) is 5. The number of hydrogen-bond donors (Lipinski definition) is 1. The summed E-state index contributed by atoms with van der Waals surface area (Å²) in [6, 6.07) is 17.1. The maximum absolute atomic E-state index is 6.55. The molecular weight excluding hydrogens is 437 g/mol. The molecule has 7 heteroatoms. The van der Waals surface area contributed by atoms with Crippen molar-refractivity contribution in [3.8, 4) is 23.0 Å². The van der Waals surface area contributed by atoms with Crippen LogP contribution in [0.3, 0.4) is 0 Å². The molecule has 1 aliphatic rings. The molecule has 0 bridgehead atoms. The second-order valence-electron chi connectivity index (χ2n) is 6.97. The summed E-state index contributed by atoms with van der Waals surface area (Å²) in [5.41, 5.74) is 2.90. The van der Waals surface area contributed by atoms with E-state index in [4.69, 9.17) is 42.1 Å². The second-order valence-corrected chi connectivity index (χ2v) is 7.81. The quantitative estimate of drug-likeness (QED) is 0.424. The number of benzene rings is 3. The molecule has 1 heterocycles. The average Bonchev–Trinajstić information content (AvgIpc) is 2.78. The largest absolute Gasteiger partial charge is 0.490 e. The van der Waals surface area contributed by atoms with Crippen LogP contribution in [0.2, 0.25) is 10.0 Å². The highest BCUT2D eigenvalue weighted by Gasteiger charge is 2.14. The third kappa shape index (κ3) is 5.49. The lowest BCUT2D eigenvalue weighted by Crippen LogP contribution is -2.15. The molecule has 0 saturated heterocycles. The summed E-state index contributed by atoms with van der Waals surface area (Å²) in [6.07, 6.45) is 0. The summed E-state index contributed by atoms with van der Waals surface area (Å²) in [5, 5.41) is 4.57. The zero-order valence-electron chi connectivity index (χ0n) is 17.1. The summed E-state index contributed by atoms with van der Waals surface area (Å²) < 4.78 is 23.0. The van der Waals surface area contributed by atoms with Crippen molar-refractivity contribution in [1.29, 1.82) is 0 Å². The Labute approximate surface area is 191 Å². The smallest absolute Gasteiger partial charge is 0.180 e. The van der Waals surface area contributed by atoms with Gasteiger partial charge in [-0.05, 0) is 54.4 Å². The second kappa shape index (κ2) is 10.0. The molecule has 0 unspecified atom stereocenters. The Bertz CT molecular complexity index is 1040. The Morgan fingerprint density at radius 3 is 2.42 bits per heavy atom. The fourth-order valence-corrected chi connectivity index (χ4v) is 3.63. The summed E-state index contributed by atoms with van der Waals surface area (Å²) in [4.78, 5) is 0. The molecule has 0 aromatic heterocycles. The lowest BCUT2D eigenvalue weighted by molar-refractivity contribution is 0.171. The van der Waals surface area contributed by atoms with E-state index >= 15 is 0 Å². The van der Waals surface area contributed by atoms with Crippen LogP contribution < -0.4 is 24.3 Å². The Morgan fingerprint density at radius 2 is 1.65 bits per heavy atom. The number of anilines is 1. The molecular formula is C24H23Cl2NO4. The van der Waals surface area contributed by atoms with Crippen molar-refractivity contribution in [3.05, 3.63) is 75.8 Å². The van der Waals surface area contributed by atoms with Gasteiger partial charge in [-0.2, -0.15) is 0 Å². The Hall–Kier alpha value is -2.76. The minimum absolute atomic E-state index is 0.367. The van der Waals surface area contributed by atoms with Crippen molar-refractivity contribution < 1.29 is 18.9 Å². The van der Waals surface area contributed by atoms with Gasteiger partial charge in [-0.1, -0.05) is 35.3 Å². The van der Waals surface area contributed by atoms with Crippen LogP contribution in [-0.4, -0.2) is 19.8 Å². The minimum Gasteiger partial charge on any atom is -0.490 e. The molecule has 5 nitrogen and oxygen atoms in total. The van der Waals surface area contributed by atoms with Gasteiger partial charge in [0.2, 0.25) is 0 Å². The minimum atomic E-state index is 0.367. The summed E-state index contributed by atoms with van der Waals surface area (Å²) in [7, 11) is 0. The van der Waals surface area contributed by atoms with Crippen molar-refractivity contribution in [3.63, 3.8) is 0 Å². The van der Waals surface area contributed by atoms with Crippen molar-refractivity contribution in [2.75, 3.05) is 25.1 Å². The third-order valence-electron chi connectivity index (χ3n) is 4.70. The van der Waals surface area contributed by atoms with Crippen LogP contribution in [-0.2, 0) is 13.2 Å². The summed E-state index contributed by atoms with van der Waals surface area (Å²) in [6.45, 7) is 4.50. The molecule has 4 rings (SSSR count). The predicted octanol–water partition coefficient (Wildman–Crippen LogP) is 6.35. The van der Waals surface area contributed by atoms with Gasteiger partial charge in [-0.3, -0.25) is 0 Å². The molecule has 0 spiro atoms. The Morgan fingerprint density at radius 1 is 0.871 bits per heavy atom. The van der Waals surface area contributed by atoms with Gasteiger partial charge in [0, 0.05) is 23.3 Å². The molecule has 0 aliphatic carbocycles. The first-order valence-electron chi connectivity index (χ1n) is 10.1. The molecule has 0 amide bonds. The van der Waals surface area contributed by atoms with Crippen molar-refractivity contribution in [2.24, 2.45) is 0 Å². The van der Waals surface area contributed by atoms with E-state index in [1.54, 1.807) is 0 Å². The Kier molecular flexibility index (Phi) is 6.95. The molecule has 0 atom stereocenters. The third-order valence-corrected chi connectivity index (χ3v) is 5.24. The SMILES string of the molecule is CCOc1cc(CNc2ccc3c(c2)OCCO3)cc(Cl)c1OCc1ccc(Cl)cc1. The van der Waals surface area contributed by atoms with E-state index in [9.17, 15) is 0 Å². The van der Waals surface area contributed by atoms with Gasteiger partial charge in [-0.15, -0.1) is 0 Å². The van der Waals surface area contributed by atoms with E-state index in [0.717, 1.165) is 28.3 Å². The first kappa shape index (κ1) is 21.5. The van der Waals surface area contributed by atoms with E-state index in [2.05, 4.69) is 5.32 Å². The molecule has 1 N–H and O–H groups in total. The maximum atomic E-state index is 6.55. The van der Waals surface area contributed by atoms with Crippen LogP contribution in [0, 0.1) is 0 Å². The maximum Gasteiger partial charge on any atom is 0.180 e. The van der Waals surface area contributed by atoms with Crippen LogP contribution in [0.4, 0.5) is 5.69 Å². The number of halogens is 2. The molecule has 0 fully saturated rings. The van der Waals surface area contributed by atoms with E-state index < -0.39 is 0 Å². The zero-order chi connectivity index (χ0) is 21.6. The zero-order valence-corrected chi connectivity index (χ0v) is 18.6. The number of nitrogens with one attached hydrogen (secondary N) is 1. The van der Waals surface area contributed by atoms with Gasteiger partial charge >= 0.3 is 0 Å². The van der Waals surface area contributed by atoms with Crippen molar-refractivity contribution >= 4 is 28.9 Å². The molecule has 0 radical (unpaired) electrons. The molecule has 3 aromatic rings. The van der Waals surface area contributed by atoms with E-state index in [-0.39, 0.29) is 0 Å². The highest BCUT2D eigenvalue weighted by Crippen LogP contribution is 2.38. The van der Waals surface area contributed by atoms with Gasteiger partial charge in [0.1, 0.15) is 19.8 Å². The van der Waals surface area contributed by atoms with E-state index in [1.165, 1.54) is 0 Å². The van der Waals surface area contributed by atoms with Gasteiger partial charge in [-0.25, -0.2) is 0 Å². The predicted molar refractivity (Wildman–Crippen MR) is 123 cm³/mol. The normalized spacial score (nSPS) is 12.4. The van der Waals surface area contributed by atoms with E-state index in [0.29, 0.717) is 54.5 Å². The number of ether oxygens (including phenoxy) is 4. The first-order valence-corrected chi connectivity index (χ1v) is 10.8.